The molecule has 23 heavy (non-hydrogen) atoms. The Morgan fingerprint density at radius 1 is 1.26 bits per heavy atom. The van der Waals surface area contributed by atoms with Crippen molar-refractivity contribution < 1.29 is 8.42 Å². The monoisotopic (exact) mass is 332 g/mol. The molecule has 1 aliphatic heterocycles. The molecule has 1 aliphatic rings. The van der Waals surface area contributed by atoms with E-state index in [2.05, 4.69) is 6.92 Å². The summed E-state index contributed by atoms with van der Waals surface area (Å²) in [4.78, 5) is 2.06. The average Bonchev–Trinajstić information content (AvgIpc) is 2.84. The fourth-order valence-electron chi connectivity index (χ4n) is 3.21. The van der Waals surface area contributed by atoms with Gasteiger partial charge in [-0.1, -0.05) is 25.1 Å². The molecule has 1 unspecified atom stereocenters. The maximum Gasteiger partial charge on any atom is 0.243 e. The second-order valence-electron chi connectivity index (χ2n) is 6.03. The standard InChI is InChI=1S/C16H20N4O2S/c1-10-9-20(16(17)18)13-8-7-11-12(15(10)13)5-4-6-14(11)23(21,22)19(2)3/h4-8,10H,9H2,1-3H3,(H3,17,18). The van der Waals surface area contributed by atoms with Gasteiger partial charge in [-0.05, 0) is 23.1 Å². The predicted octanol–water partition coefficient (Wildman–Crippen LogP) is 1.91. The van der Waals surface area contributed by atoms with Gasteiger partial charge < -0.3 is 10.6 Å². The Kier molecular flexibility index (Phi) is 3.57. The van der Waals surface area contributed by atoms with E-state index in [0.717, 1.165) is 16.6 Å². The van der Waals surface area contributed by atoms with E-state index in [1.165, 1.54) is 18.4 Å². The largest absolute Gasteiger partial charge is 0.370 e. The van der Waals surface area contributed by atoms with Crippen molar-refractivity contribution in [3.63, 3.8) is 0 Å². The van der Waals surface area contributed by atoms with Crippen LogP contribution in [0, 0.1) is 5.41 Å². The summed E-state index contributed by atoms with van der Waals surface area (Å²) in [6.07, 6.45) is 0. The molecule has 2 aromatic rings. The van der Waals surface area contributed by atoms with Crippen LogP contribution in [0.5, 0.6) is 0 Å². The molecule has 0 fully saturated rings. The van der Waals surface area contributed by atoms with Crippen LogP contribution in [-0.2, 0) is 10.0 Å². The topological polar surface area (TPSA) is 90.5 Å². The van der Waals surface area contributed by atoms with Crippen molar-refractivity contribution >= 4 is 32.4 Å². The number of nitrogens with zero attached hydrogens (tertiary/aromatic N) is 2. The quantitative estimate of drug-likeness (QED) is 0.649. The third-order valence-electron chi connectivity index (χ3n) is 4.33. The molecule has 122 valence electrons. The Hall–Kier alpha value is -2.12. The van der Waals surface area contributed by atoms with Crippen LogP contribution in [0.1, 0.15) is 18.4 Å². The Balaban J connectivity index is 2.33. The van der Waals surface area contributed by atoms with Crippen LogP contribution in [0.4, 0.5) is 5.69 Å². The lowest BCUT2D eigenvalue weighted by Gasteiger charge is -2.18. The van der Waals surface area contributed by atoms with Gasteiger partial charge in [-0.2, -0.15) is 0 Å². The normalized spacial score (nSPS) is 17.7. The molecule has 0 spiro atoms. The SMILES string of the molecule is CC1CN(C(=N)N)c2ccc3c(S(=O)(=O)N(C)C)cccc3c21. The molecule has 0 saturated carbocycles. The highest BCUT2D eigenvalue weighted by molar-refractivity contribution is 7.89. The summed E-state index contributed by atoms with van der Waals surface area (Å²) in [5.74, 6) is 0.182. The summed E-state index contributed by atoms with van der Waals surface area (Å²) < 4.78 is 26.3. The minimum Gasteiger partial charge on any atom is -0.370 e. The average molecular weight is 332 g/mol. The number of guanidine groups is 1. The van der Waals surface area contributed by atoms with Crippen LogP contribution >= 0.6 is 0 Å². The first-order valence-corrected chi connectivity index (χ1v) is 8.79. The van der Waals surface area contributed by atoms with Crippen LogP contribution in [0.25, 0.3) is 10.8 Å². The van der Waals surface area contributed by atoms with Gasteiger partial charge in [0.25, 0.3) is 0 Å². The fourth-order valence-corrected chi connectivity index (χ4v) is 4.31. The number of nitrogens with one attached hydrogen (secondary N) is 1. The van der Waals surface area contributed by atoms with Gasteiger partial charge in [-0.15, -0.1) is 0 Å². The van der Waals surface area contributed by atoms with E-state index < -0.39 is 10.0 Å². The smallest absolute Gasteiger partial charge is 0.243 e. The summed E-state index contributed by atoms with van der Waals surface area (Å²) in [6, 6.07) is 8.99. The molecule has 0 saturated heterocycles. The van der Waals surface area contributed by atoms with Crippen molar-refractivity contribution in [2.45, 2.75) is 17.7 Å². The highest BCUT2D eigenvalue weighted by Crippen LogP contribution is 2.42. The minimum atomic E-state index is -3.52. The van der Waals surface area contributed by atoms with E-state index in [0.29, 0.717) is 16.8 Å². The van der Waals surface area contributed by atoms with Gasteiger partial charge in [-0.25, -0.2) is 12.7 Å². The first-order valence-electron chi connectivity index (χ1n) is 7.35. The molecule has 6 nitrogen and oxygen atoms in total. The number of sulfonamides is 1. The van der Waals surface area contributed by atoms with Crippen LogP contribution in [0.15, 0.2) is 35.2 Å². The van der Waals surface area contributed by atoms with Gasteiger partial charge in [0, 0.05) is 37.6 Å². The van der Waals surface area contributed by atoms with E-state index >= 15 is 0 Å². The highest BCUT2D eigenvalue weighted by atomic mass is 32.2. The molecule has 1 heterocycles. The molecule has 0 radical (unpaired) electrons. The van der Waals surface area contributed by atoms with Crippen molar-refractivity contribution in [3.05, 3.63) is 35.9 Å². The highest BCUT2D eigenvalue weighted by Gasteiger charge is 2.30. The summed E-state index contributed by atoms with van der Waals surface area (Å²) in [5.41, 5.74) is 7.60. The number of fused-ring (bicyclic) bond motifs is 3. The zero-order chi connectivity index (χ0) is 16.9. The lowest BCUT2D eigenvalue weighted by molar-refractivity contribution is 0.521. The van der Waals surface area contributed by atoms with Gasteiger partial charge in [0.2, 0.25) is 10.0 Å². The molecule has 0 aromatic heterocycles. The summed E-state index contributed by atoms with van der Waals surface area (Å²) in [6.45, 7) is 2.70. The van der Waals surface area contributed by atoms with E-state index in [9.17, 15) is 8.42 Å². The maximum absolute atomic E-state index is 12.6. The third-order valence-corrected chi connectivity index (χ3v) is 6.20. The van der Waals surface area contributed by atoms with Crippen molar-refractivity contribution in [1.82, 2.24) is 4.31 Å². The van der Waals surface area contributed by atoms with Crippen molar-refractivity contribution in [2.24, 2.45) is 5.73 Å². The molecular formula is C16H20N4O2S. The summed E-state index contributed by atoms with van der Waals surface area (Å²) >= 11 is 0. The van der Waals surface area contributed by atoms with E-state index in [-0.39, 0.29) is 11.9 Å². The van der Waals surface area contributed by atoms with E-state index in [4.69, 9.17) is 11.1 Å². The predicted molar refractivity (Wildman–Crippen MR) is 92.5 cm³/mol. The maximum atomic E-state index is 12.6. The number of anilines is 1. The number of hydrogen-bond acceptors (Lipinski definition) is 3. The molecule has 1 atom stereocenters. The minimum absolute atomic E-state index is 0.00650. The molecule has 0 aliphatic carbocycles. The lowest BCUT2D eigenvalue weighted by atomic mass is 9.96. The second kappa shape index (κ2) is 5.21. The Morgan fingerprint density at radius 3 is 2.57 bits per heavy atom. The molecule has 0 amide bonds. The molecule has 3 rings (SSSR count). The van der Waals surface area contributed by atoms with Crippen LogP contribution in [-0.4, -0.2) is 39.3 Å². The van der Waals surface area contributed by atoms with Gasteiger partial charge in [-0.3, -0.25) is 5.41 Å². The molecular weight excluding hydrogens is 312 g/mol. The number of nitrogens with two attached hydrogens (primary N) is 1. The molecule has 7 heteroatoms. The lowest BCUT2D eigenvalue weighted by Crippen LogP contribution is -2.35. The third kappa shape index (κ3) is 2.27. The van der Waals surface area contributed by atoms with Crippen LogP contribution in [0.3, 0.4) is 0 Å². The zero-order valence-electron chi connectivity index (χ0n) is 13.4. The fraction of sp³-hybridized carbons (Fsp3) is 0.312. The van der Waals surface area contributed by atoms with E-state index in [1.807, 2.05) is 12.1 Å². The number of hydrogen-bond donors (Lipinski definition) is 2. The Labute approximate surface area is 136 Å². The van der Waals surface area contributed by atoms with Crippen molar-refractivity contribution in [3.8, 4) is 0 Å². The zero-order valence-corrected chi connectivity index (χ0v) is 14.2. The van der Waals surface area contributed by atoms with Gasteiger partial charge >= 0.3 is 0 Å². The first-order chi connectivity index (χ1) is 10.7. The van der Waals surface area contributed by atoms with Gasteiger partial charge in [0.05, 0.1) is 4.90 Å². The summed E-state index contributed by atoms with van der Waals surface area (Å²) in [5, 5.41) is 9.33. The summed E-state index contributed by atoms with van der Waals surface area (Å²) in [7, 11) is -0.457. The molecule has 2 aromatic carbocycles. The van der Waals surface area contributed by atoms with Gasteiger partial charge in [0.15, 0.2) is 5.96 Å². The number of rotatable bonds is 2. The number of benzene rings is 2. The Morgan fingerprint density at radius 2 is 1.96 bits per heavy atom. The van der Waals surface area contributed by atoms with Crippen LogP contribution < -0.4 is 10.6 Å². The van der Waals surface area contributed by atoms with Crippen LogP contribution in [0.2, 0.25) is 0 Å². The second-order valence-corrected chi connectivity index (χ2v) is 8.15. The Bertz CT molecular complexity index is 906. The van der Waals surface area contributed by atoms with Gasteiger partial charge in [0.1, 0.15) is 0 Å². The molecule has 0 bridgehead atoms. The molecule has 3 N–H and O–H groups in total. The van der Waals surface area contributed by atoms with Crippen molar-refractivity contribution in [1.29, 1.82) is 5.41 Å². The van der Waals surface area contributed by atoms with Crippen molar-refractivity contribution in [2.75, 3.05) is 25.5 Å². The first kappa shape index (κ1) is 15.8. The van der Waals surface area contributed by atoms with E-state index in [1.54, 1.807) is 23.1 Å².